The summed E-state index contributed by atoms with van der Waals surface area (Å²) in [5.41, 5.74) is 3.47. The lowest BCUT2D eigenvalue weighted by atomic mass is 9.99. The van der Waals surface area contributed by atoms with Crippen LogP contribution < -0.4 is 20.3 Å². The first kappa shape index (κ1) is 22.2. The number of carbonyl (C=O) groups is 2. The molecule has 7 rings (SSSR count). The normalized spacial score (nSPS) is 19.2. The molecule has 1 atom stereocenters. The molecule has 1 unspecified atom stereocenters. The van der Waals surface area contributed by atoms with Crippen molar-refractivity contribution in [3.8, 4) is 22.9 Å². The van der Waals surface area contributed by atoms with Gasteiger partial charge in [0.2, 0.25) is 5.91 Å². The van der Waals surface area contributed by atoms with E-state index >= 15 is 0 Å². The van der Waals surface area contributed by atoms with E-state index < -0.39 is 24.1 Å². The number of rotatable bonds is 4. The van der Waals surface area contributed by atoms with Gasteiger partial charge < -0.3 is 29.2 Å². The lowest BCUT2D eigenvalue weighted by molar-refractivity contribution is -0.385. The fourth-order valence-electron chi connectivity index (χ4n) is 5.26. The maximum Gasteiger partial charge on any atom is 0.505 e. The molecule has 0 bridgehead atoms. The third-order valence-corrected chi connectivity index (χ3v) is 7.30. The van der Waals surface area contributed by atoms with Gasteiger partial charge in [-0.05, 0) is 42.0 Å². The van der Waals surface area contributed by atoms with Crippen molar-refractivity contribution in [2.24, 2.45) is 5.92 Å². The Bertz CT molecular complexity index is 1610. The minimum Gasteiger partial charge on any atom is -0.460 e. The molecule has 0 radical (unpaired) electrons. The van der Waals surface area contributed by atoms with E-state index in [9.17, 15) is 29.7 Å². The zero-order valence-corrected chi connectivity index (χ0v) is 19.3. The summed E-state index contributed by atoms with van der Waals surface area (Å²) in [7, 11) is 0. The lowest BCUT2D eigenvalue weighted by Crippen LogP contribution is -2.37. The quantitative estimate of drug-likeness (QED) is 0.214. The second-order valence-corrected chi connectivity index (χ2v) is 9.75. The van der Waals surface area contributed by atoms with E-state index in [1.807, 2.05) is 0 Å². The number of amides is 1. The van der Waals surface area contributed by atoms with Crippen molar-refractivity contribution in [3.63, 3.8) is 0 Å². The van der Waals surface area contributed by atoms with Crippen molar-refractivity contribution in [2.45, 2.75) is 51.2 Å². The monoisotopic (exact) mass is 507 g/mol. The van der Waals surface area contributed by atoms with Gasteiger partial charge in [-0.1, -0.05) is 0 Å². The molecule has 1 aromatic carbocycles. The fraction of sp³-hybridized carbons (Fsp3) is 0.360. The van der Waals surface area contributed by atoms with Crippen molar-refractivity contribution >= 4 is 22.8 Å². The van der Waals surface area contributed by atoms with Crippen molar-refractivity contribution in [3.05, 3.63) is 50.8 Å². The van der Waals surface area contributed by atoms with E-state index in [0.29, 0.717) is 44.5 Å². The predicted molar refractivity (Wildman–Crippen MR) is 123 cm³/mol. The topological polar surface area (TPSA) is 169 Å². The Morgan fingerprint density at radius 3 is 2.68 bits per heavy atom. The molecule has 4 N–H and O–H groups in total. The number of aromatic nitrogens is 2. The number of cyclic esters (lactones) is 1. The lowest BCUT2D eigenvalue weighted by Gasteiger charge is -2.17. The van der Waals surface area contributed by atoms with Crippen LogP contribution in [0.5, 0.6) is 11.5 Å². The largest absolute Gasteiger partial charge is 0.505 e. The van der Waals surface area contributed by atoms with Gasteiger partial charge in [0, 0.05) is 23.6 Å². The summed E-state index contributed by atoms with van der Waals surface area (Å²) < 4.78 is 16.7. The molecular formula is C25H21N3O9. The molecule has 3 aromatic rings. The summed E-state index contributed by atoms with van der Waals surface area (Å²) >= 11 is 0. The van der Waals surface area contributed by atoms with Crippen molar-refractivity contribution < 1.29 is 39.1 Å². The van der Waals surface area contributed by atoms with Gasteiger partial charge in [-0.15, -0.1) is 0 Å². The molecule has 2 aromatic heterocycles. The number of nitrogens with one attached hydrogen (secondary N) is 1. The van der Waals surface area contributed by atoms with Gasteiger partial charge in [-0.3, -0.25) is 24.6 Å². The minimum absolute atomic E-state index is 0.0168. The summed E-state index contributed by atoms with van der Waals surface area (Å²) in [6.07, 6.45) is -2.35. The molecule has 12 heteroatoms. The van der Waals surface area contributed by atoms with Crippen LogP contribution in [0.4, 0.5) is 0 Å². The first-order valence-corrected chi connectivity index (χ1v) is 11.9. The average Bonchev–Trinajstić information content (AvgIpc) is 3.57. The second-order valence-electron chi connectivity index (χ2n) is 9.75. The number of benzene rings is 1. The molecule has 1 saturated carbocycles. The number of pyridine rings is 2. The maximum absolute atomic E-state index is 13.3. The van der Waals surface area contributed by atoms with Crippen molar-refractivity contribution in [1.29, 1.82) is 0 Å². The summed E-state index contributed by atoms with van der Waals surface area (Å²) in [4.78, 5) is 42.5. The molecule has 12 nitrogen and oxygen atoms in total. The number of hydrogen-bond acceptors (Lipinski definition) is 10. The number of ether oxygens (including phenoxy) is 3. The molecular weight excluding hydrogens is 486 g/mol. The summed E-state index contributed by atoms with van der Waals surface area (Å²) in [6.45, 7) is 0.103. The molecule has 1 amide bonds. The maximum atomic E-state index is 13.3. The Labute approximate surface area is 208 Å². The number of fused-ring (bicyclic) bond motifs is 6. The highest BCUT2D eigenvalue weighted by Gasteiger charge is 2.40. The van der Waals surface area contributed by atoms with Crippen LogP contribution in [0, 0.1) is 5.92 Å². The van der Waals surface area contributed by atoms with Gasteiger partial charge in [0.1, 0.15) is 12.7 Å². The number of aliphatic hydroxyl groups excluding tert-OH is 1. The molecule has 1 fully saturated rings. The van der Waals surface area contributed by atoms with Crippen LogP contribution in [-0.4, -0.2) is 49.0 Å². The summed E-state index contributed by atoms with van der Waals surface area (Å²) in [6, 6.07) is 4.79. The van der Waals surface area contributed by atoms with Crippen LogP contribution in [0.1, 0.15) is 35.1 Å². The molecule has 190 valence electrons. The highest BCUT2D eigenvalue weighted by atomic mass is 17.0. The molecule has 37 heavy (non-hydrogen) atoms. The van der Waals surface area contributed by atoms with E-state index in [-0.39, 0.29) is 49.1 Å². The summed E-state index contributed by atoms with van der Waals surface area (Å²) in [5.74, 6) is -0.819. The zero-order chi connectivity index (χ0) is 25.6. The molecule has 1 aliphatic carbocycles. The molecule has 0 spiro atoms. The predicted octanol–water partition coefficient (Wildman–Crippen LogP) is -0.221. The van der Waals surface area contributed by atoms with Crippen LogP contribution >= 0.6 is 0 Å². The first-order chi connectivity index (χ1) is 17.7. The number of aliphatic hydroxyl groups is 3. The number of esters is 1. The smallest absolute Gasteiger partial charge is 0.460 e. The third-order valence-electron chi connectivity index (χ3n) is 7.30. The van der Waals surface area contributed by atoms with Crippen LogP contribution in [0.25, 0.3) is 22.3 Å². The average molecular weight is 507 g/mol. The van der Waals surface area contributed by atoms with E-state index in [1.54, 1.807) is 10.6 Å². The van der Waals surface area contributed by atoms with Gasteiger partial charge in [0.15, 0.2) is 11.5 Å². The van der Waals surface area contributed by atoms with Gasteiger partial charge in [-0.2, -0.15) is 0 Å². The molecule has 3 aliphatic heterocycles. The van der Waals surface area contributed by atoms with Gasteiger partial charge in [0.05, 0.1) is 35.4 Å². The van der Waals surface area contributed by atoms with Gasteiger partial charge in [0.25, 0.3) is 5.56 Å². The minimum atomic E-state index is -2.82. The van der Waals surface area contributed by atoms with Gasteiger partial charge >= 0.3 is 12.1 Å². The van der Waals surface area contributed by atoms with E-state index in [4.69, 9.17) is 19.2 Å². The fourth-order valence-corrected chi connectivity index (χ4v) is 5.26. The molecule has 0 saturated heterocycles. The Morgan fingerprint density at radius 2 is 1.92 bits per heavy atom. The van der Waals surface area contributed by atoms with Crippen molar-refractivity contribution in [2.75, 3.05) is 0 Å². The standard InChI is InChI=1S/C25H21N3O9/c29-20-4-11-3-17-21-14(8-28(17)24(32)15(11)9-35-20)13(7-26-23(31)22(30)10-1-2-10)12-5-18-19(6-16(12)27-21)37-25(33,34)36-18/h3,5-6,10,22,30,33-34H,1-2,4,7-9H2,(H,26,31). The van der Waals surface area contributed by atoms with Crippen LogP contribution in [0.2, 0.25) is 0 Å². The van der Waals surface area contributed by atoms with Crippen LogP contribution in [0.15, 0.2) is 23.0 Å². The first-order valence-electron chi connectivity index (χ1n) is 11.9. The van der Waals surface area contributed by atoms with Crippen LogP contribution in [0.3, 0.4) is 0 Å². The Balaban J connectivity index is 1.38. The Kier molecular flexibility index (Phi) is 4.51. The van der Waals surface area contributed by atoms with Crippen molar-refractivity contribution in [1.82, 2.24) is 14.9 Å². The Hall–Kier alpha value is -4.00. The van der Waals surface area contributed by atoms with Gasteiger partial charge in [-0.25, -0.2) is 4.98 Å². The highest BCUT2D eigenvalue weighted by Crippen LogP contribution is 2.44. The van der Waals surface area contributed by atoms with E-state index in [1.165, 1.54) is 12.1 Å². The molecule has 5 heterocycles. The van der Waals surface area contributed by atoms with E-state index in [2.05, 4.69) is 5.32 Å². The number of hydrogen-bond donors (Lipinski definition) is 4. The summed E-state index contributed by atoms with van der Waals surface area (Å²) in [5, 5.41) is 33.1. The third kappa shape index (κ3) is 3.48. The van der Waals surface area contributed by atoms with E-state index in [0.717, 1.165) is 12.8 Å². The SMILES string of the molecule is O=C1Cc2cc3n(c(=O)c2CO1)Cc1c-3nc2cc3c(cc2c1CNC(=O)C(O)C1CC1)OC(O)(O)O3. The zero-order valence-electron chi connectivity index (χ0n) is 19.3. The Morgan fingerprint density at radius 1 is 1.16 bits per heavy atom. The van der Waals surface area contributed by atoms with Crippen LogP contribution in [-0.2, 0) is 40.4 Å². The highest BCUT2D eigenvalue weighted by molar-refractivity contribution is 5.91. The molecule has 4 aliphatic rings. The number of nitrogens with zero attached hydrogens (tertiary/aromatic N) is 2. The second kappa shape index (κ2) is 7.51. The number of carbonyl (C=O) groups excluding carboxylic acids is 2.